The van der Waals surface area contributed by atoms with Gasteiger partial charge in [-0.25, -0.2) is 4.98 Å². The summed E-state index contributed by atoms with van der Waals surface area (Å²) in [5, 5.41) is 19.3. The Bertz CT molecular complexity index is 450. The van der Waals surface area contributed by atoms with Crippen LogP contribution in [0, 0.1) is 5.92 Å². The Labute approximate surface area is 119 Å². The van der Waals surface area contributed by atoms with Crippen molar-refractivity contribution in [1.82, 2.24) is 20.5 Å². The van der Waals surface area contributed by atoms with Gasteiger partial charge in [-0.15, -0.1) is 5.10 Å². The molecule has 1 fully saturated rings. The number of hydrogen-bond acceptors (Lipinski definition) is 4. The van der Waals surface area contributed by atoms with Gasteiger partial charge in [-0.2, -0.15) is 0 Å². The number of H-pyrrole nitrogens is 1. The molecule has 0 aromatic carbocycles. The van der Waals surface area contributed by atoms with Gasteiger partial charge < -0.3 is 10.4 Å². The molecule has 1 aliphatic rings. The average molecular weight is 280 g/mol. The molecule has 1 heterocycles. The standard InChI is InChI=1S/C14H24N4O2/c1-3-4-11-15-12(18-17-11)13(20)16-14(9-19)7-5-10(2)6-8-14/h10,19H,3-9H2,1-2H3,(H,16,20)(H,15,17,18). The number of carbonyl (C=O) groups excluding carboxylic acids is 1. The normalized spacial score (nSPS) is 26.4. The van der Waals surface area contributed by atoms with Crippen LogP contribution in [0.2, 0.25) is 0 Å². The number of aliphatic hydroxyl groups excluding tert-OH is 1. The predicted octanol–water partition coefficient (Wildman–Crippen LogP) is 1.43. The maximum absolute atomic E-state index is 12.2. The summed E-state index contributed by atoms with van der Waals surface area (Å²) < 4.78 is 0. The van der Waals surface area contributed by atoms with E-state index in [4.69, 9.17) is 0 Å². The van der Waals surface area contributed by atoms with Gasteiger partial charge in [0.05, 0.1) is 12.1 Å². The van der Waals surface area contributed by atoms with E-state index in [1.54, 1.807) is 0 Å². The van der Waals surface area contributed by atoms with Crippen LogP contribution in [-0.2, 0) is 6.42 Å². The summed E-state index contributed by atoms with van der Waals surface area (Å²) in [7, 11) is 0. The van der Waals surface area contributed by atoms with Crippen molar-refractivity contribution in [3.8, 4) is 0 Å². The van der Waals surface area contributed by atoms with Crippen molar-refractivity contribution >= 4 is 5.91 Å². The summed E-state index contributed by atoms with van der Waals surface area (Å²) >= 11 is 0. The Morgan fingerprint density at radius 3 is 2.80 bits per heavy atom. The Balaban J connectivity index is 2.01. The molecule has 112 valence electrons. The number of hydrogen-bond donors (Lipinski definition) is 3. The topological polar surface area (TPSA) is 90.9 Å². The van der Waals surface area contributed by atoms with Crippen molar-refractivity contribution in [3.63, 3.8) is 0 Å². The van der Waals surface area contributed by atoms with E-state index in [0.29, 0.717) is 5.92 Å². The third-order valence-corrected chi connectivity index (χ3v) is 4.13. The summed E-state index contributed by atoms with van der Waals surface area (Å²) in [5.41, 5.74) is -0.505. The first-order chi connectivity index (χ1) is 9.58. The van der Waals surface area contributed by atoms with Crippen molar-refractivity contribution in [2.24, 2.45) is 5.92 Å². The van der Waals surface area contributed by atoms with Crippen molar-refractivity contribution in [3.05, 3.63) is 11.6 Å². The number of nitrogens with one attached hydrogen (secondary N) is 2. The lowest BCUT2D eigenvalue weighted by molar-refractivity contribution is 0.0708. The second kappa shape index (κ2) is 6.35. The zero-order valence-electron chi connectivity index (χ0n) is 12.3. The molecule has 0 saturated heterocycles. The molecule has 0 atom stereocenters. The first-order valence-corrected chi connectivity index (χ1v) is 7.43. The Hall–Kier alpha value is -1.43. The minimum atomic E-state index is -0.505. The smallest absolute Gasteiger partial charge is 0.291 e. The van der Waals surface area contributed by atoms with Crippen LogP contribution in [0.4, 0.5) is 0 Å². The molecular formula is C14H24N4O2. The second-order valence-corrected chi connectivity index (χ2v) is 5.93. The molecule has 1 amide bonds. The fourth-order valence-electron chi connectivity index (χ4n) is 2.68. The van der Waals surface area contributed by atoms with Crippen LogP contribution in [0.1, 0.15) is 62.4 Å². The highest BCUT2D eigenvalue weighted by molar-refractivity contribution is 5.90. The first-order valence-electron chi connectivity index (χ1n) is 7.43. The fourth-order valence-corrected chi connectivity index (χ4v) is 2.68. The molecule has 0 radical (unpaired) electrons. The molecule has 0 spiro atoms. The maximum Gasteiger partial charge on any atom is 0.291 e. The summed E-state index contributed by atoms with van der Waals surface area (Å²) in [6.07, 6.45) is 5.40. The highest BCUT2D eigenvalue weighted by Crippen LogP contribution is 2.31. The Morgan fingerprint density at radius 2 is 2.20 bits per heavy atom. The van der Waals surface area contributed by atoms with E-state index in [1.165, 1.54) is 0 Å². The molecule has 1 aromatic heterocycles. The molecule has 1 aromatic rings. The van der Waals surface area contributed by atoms with Gasteiger partial charge in [0.1, 0.15) is 5.82 Å². The van der Waals surface area contributed by atoms with E-state index in [2.05, 4.69) is 27.4 Å². The number of aryl methyl sites for hydroxylation is 1. The molecule has 6 nitrogen and oxygen atoms in total. The highest BCUT2D eigenvalue weighted by atomic mass is 16.3. The zero-order valence-corrected chi connectivity index (χ0v) is 12.3. The molecule has 6 heteroatoms. The Kier molecular flexibility index (Phi) is 4.75. The lowest BCUT2D eigenvalue weighted by Gasteiger charge is -2.38. The first kappa shape index (κ1) is 15.0. The summed E-state index contributed by atoms with van der Waals surface area (Å²) in [4.78, 5) is 16.4. The van der Waals surface area contributed by atoms with Gasteiger partial charge in [-0.1, -0.05) is 13.8 Å². The fraction of sp³-hybridized carbons (Fsp3) is 0.786. The minimum Gasteiger partial charge on any atom is -0.394 e. The van der Waals surface area contributed by atoms with Gasteiger partial charge >= 0.3 is 0 Å². The SMILES string of the molecule is CCCc1nc(C(=O)NC2(CO)CCC(C)CC2)n[nH]1. The van der Waals surface area contributed by atoms with Crippen molar-refractivity contribution in [1.29, 1.82) is 0 Å². The molecular weight excluding hydrogens is 256 g/mol. The van der Waals surface area contributed by atoms with E-state index < -0.39 is 5.54 Å². The van der Waals surface area contributed by atoms with Crippen LogP contribution in [0.5, 0.6) is 0 Å². The van der Waals surface area contributed by atoms with Crippen LogP contribution in [0.25, 0.3) is 0 Å². The molecule has 0 aliphatic heterocycles. The van der Waals surface area contributed by atoms with E-state index >= 15 is 0 Å². The summed E-state index contributed by atoms with van der Waals surface area (Å²) in [6.45, 7) is 4.22. The van der Waals surface area contributed by atoms with Crippen LogP contribution < -0.4 is 5.32 Å². The molecule has 1 aliphatic carbocycles. The van der Waals surface area contributed by atoms with Gasteiger partial charge in [0.2, 0.25) is 5.82 Å². The minimum absolute atomic E-state index is 0.0301. The molecule has 1 saturated carbocycles. The van der Waals surface area contributed by atoms with Crippen LogP contribution in [-0.4, -0.2) is 38.3 Å². The van der Waals surface area contributed by atoms with E-state index in [0.717, 1.165) is 44.3 Å². The molecule has 0 bridgehead atoms. The third kappa shape index (κ3) is 3.36. The molecule has 0 unspecified atom stereocenters. The summed E-state index contributed by atoms with van der Waals surface area (Å²) in [5.74, 6) is 1.26. The monoisotopic (exact) mass is 280 g/mol. The van der Waals surface area contributed by atoms with E-state index in [9.17, 15) is 9.90 Å². The van der Waals surface area contributed by atoms with Crippen LogP contribution in [0.15, 0.2) is 0 Å². The van der Waals surface area contributed by atoms with Gasteiger partial charge in [0, 0.05) is 6.42 Å². The number of amides is 1. The Morgan fingerprint density at radius 1 is 1.50 bits per heavy atom. The van der Waals surface area contributed by atoms with Gasteiger partial charge in [-0.3, -0.25) is 9.89 Å². The van der Waals surface area contributed by atoms with Gasteiger partial charge in [0.15, 0.2) is 0 Å². The van der Waals surface area contributed by atoms with Crippen LogP contribution in [0.3, 0.4) is 0 Å². The largest absolute Gasteiger partial charge is 0.394 e. The lowest BCUT2D eigenvalue weighted by atomic mass is 9.77. The van der Waals surface area contributed by atoms with Crippen molar-refractivity contribution in [2.75, 3.05) is 6.61 Å². The number of carbonyl (C=O) groups is 1. The number of aliphatic hydroxyl groups is 1. The quantitative estimate of drug-likeness (QED) is 0.761. The zero-order chi connectivity index (χ0) is 14.6. The van der Waals surface area contributed by atoms with Crippen molar-refractivity contribution in [2.45, 2.75) is 57.9 Å². The molecule has 2 rings (SSSR count). The lowest BCUT2D eigenvalue weighted by Crippen LogP contribution is -2.53. The number of aromatic nitrogens is 3. The van der Waals surface area contributed by atoms with E-state index in [1.807, 2.05) is 6.92 Å². The average Bonchev–Trinajstić information content (AvgIpc) is 2.91. The number of rotatable bonds is 5. The molecule has 20 heavy (non-hydrogen) atoms. The number of aromatic amines is 1. The molecule has 3 N–H and O–H groups in total. The second-order valence-electron chi connectivity index (χ2n) is 5.93. The number of nitrogens with zero attached hydrogens (tertiary/aromatic N) is 2. The summed E-state index contributed by atoms with van der Waals surface area (Å²) in [6, 6.07) is 0. The van der Waals surface area contributed by atoms with E-state index in [-0.39, 0.29) is 18.3 Å². The predicted molar refractivity (Wildman–Crippen MR) is 75.3 cm³/mol. The van der Waals surface area contributed by atoms with Gasteiger partial charge in [0.25, 0.3) is 5.91 Å². The van der Waals surface area contributed by atoms with Crippen molar-refractivity contribution < 1.29 is 9.90 Å². The maximum atomic E-state index is 12.2. The van der Waals surface area contributed by atoms with Gasteiger partial charge in [-0.05, 0) is 38.0 Å². The van der Waals surface area contributed by atoms with Crippen LogP contribution >= 0.6 is 0 Å². The third-order valence-electron chi connectivity index (χ3n) is 4.13. The highest BCUT2D eigenvalue weighted by Gasteiger charge is 2.35.